The maximum atomic E-state index is 13.3. The lowest BCUT2D eigenvalue weighted by molar-refractivity contribution is -0.135. The molecule has 1 atom stereocenters. The van der Waals surface area contributed by atoms with Crippen molar-refractivity contribution in [2.45, 2.75) is 25.8 Å². The molecule has 0 radical (unpaired) electrons. The molecule has 0 saturated carbocycles. The summed E-state index contributed by atoms with van der Waals surface area (Å²) in [5, 5.41) is 5.53. The molecule has 8 heteroatoms. The largest absolute Gasteiger partial charge is 0.491 e. The Morgan fingerprint density at radius 2 is 2.13 bits per heavy atom. The van der Waals surface area contributed by atoms with Crippen LogP contribution in [-0.2, 0) is 11.2 Å². The Hall–Kier alpha value is -2.51. The molecule has 1 unspecified atom stereocenters. The van der Waals surface area contributed by atoms with Gasteiger partial charge in [0.05, 0.1) is 6.04 Å². The zero-order chi connectivity index (χ0) is 22.2. The number of carbonyl (C=O) groups is 2. The van der Waals surface area contributed by atoms with Crippen LogP contribution in [0, 0.1) is 0 Å². The normalized spacial score (nSPS) is 15.2. The molecule has 0 bridgehead atoms. The molecule has 0 aliphatic carbocycles. The van der Waals surface area contributed by atoms with Gasteiger partial charge in [-0.2, -0.15) is 0 Å². The number of urea groups is 1. The van der Waals surface area contributed by atoms with Gasteiger partial charge in [0.25, 0.3) is 0 Å². The molecule has 2 aromatic rings. The first-order valence-corrected chi connectivity index (χ1v) is 11.7. The van der Waals surface area contributed by atoms with E-state index in [-0.39, 0.29) is 24.5 Å². The molecule has 2 heterocycles. The first-order valence-electron chi connectivity index (χ1n) is 10.4. The van der Waals surface area contributed by atoms with Gasteiger partial charge in [-0.1, -0.05) is 24.6 Å². The standard InChI is InChI=1S/C23H28ClN3O3S/c1-3-11-25-23(29)26(12-4-2)15-22(28)27-13-9-21-19(10-14-31-21)20(27)16-30-18-7-5-17(24)6-8-18/h4-8,10,14,20H,2-3,9,11-13,15-16H2,1H3,(H,25,29). The number of hydrogen-bond acceptors (Lipinski definition) is 4. The van der Waals surface area contributed by atoms with Gasteiger partial charge in [-0.15, -0.1) is 17.9 Å². The first-order chi connectivity index (χ1) is 15.0. The van der Waals surface area contributed by atoms with E-state index in [1.165, 1.54) is 9.78 Å². The lowest BCUT2D eigenvalue weighted by atomic mass is 10.0. The Kier molecular flexibility index (Phi) is 8.37. The molecule has 3 amide bonds. The van der Waals surface area contributed by atoms with Gasteiger partial charge in [0, 0.05) is 29.5 Å². The minimum atomic E-state index is -0.253. The molecule has 3 rings (SSSR count). The van der Waals surface area contributed by atoms with Gasteiger partial charge >= 0.3 is 6.03 Å². The fourth-order valence-electron chi connectivity index (χ4n) is 3.55. The van der Waals surface area contributed by atoms with E-state index < -0.39 is 0 Å². The van der Waals surface area contributed by atoms with Crippen LogP contribution in [0.1, 0.15) is 29.8 Å². The summed E-state index contributed by atoms with van der Waals surface area (Å²) in [4.78, 5) is 30.3. The smallest absolute Gasteiger partial charge is 0.318 e. The van der Waals surface area contributed by atoms with Crippen LogP contribution in [0.2, 0.25) is 5.02 Å². The number of amides is 3. The van der Waals surface area contributed by atoms with Crippen LogP contribution in [0.3, 0.4) is 0 Å². The molecule has 31 heavy (non-hydrogen) atoms. The predicted molar refractivity (Wildman–Crippen MR) is 125 cm³/mol. The van der Waals surface area contributed by atoms with Crippen LogP contribution in [0.5, 0.6) is 5.75 Å². The number of thiophene rings is 1. The van der Waals surface area contributed by atoms with Gasteiger partial charge < -0.3 is 19.9 Å². The Bertz CT molecular complexity index is 900. The molecule has 1 N–H and O–H groups in total. The zero-order valence-corrected chi connectivity index (χ0v) is 19.3. The number of carbonyl (C=O) groups excluding carboxylic acids is 2. The van der Waals surface area contributed by atoms with Gasteiger partial charge in [0.15, 0.2) is 0 Å². The topological polar surface area (TPSA) is 61.9 Å². The van der Waals surface area contributed by atoms with Crippen LogP contribution in [0.25, 0.3) is 0 Å². The molecule has 1 aromatic heterocycles. The van der Waals surface area contributed by atoms with Gasteiger partial charge in [-0.05, 0) is 54.1 Å². The number of benzene rings is 1. The minimum Gasteiger partial charge on any atom is -0.491 e. The van der Waals surface area contributed by atoms with Crippen LogP contribution >= 0.6 is 22.9 Å². The molecule has 0 fully saturated rings. The fourth-order valence-corrected chi connectivity index (χ4v) is 4.61. The van der Waals surface area contributed by atoms with E-state index >= 15 is 0 Å². The number of nitrogens with one attached hydrogen (secondary N) is 1. The SMILES string of the molecule is C=CCN(CC(=O)N1CCc2sccc2C1COc1ccc(Cl)cc1)C(=O)NCCC. The Labute approximate surface area is 192 Å². The highest BCUT2D eigenvalue weighted by Crippen LogP contribution is 2.34. The summed E-state index contributed by atoms with van der Waals surface area (Å²) < 4.78 is 6.00. The number of nitrogens with zero attached hydrogens (tertiary/aromatic N) is 2. The number of rotatable bonds is 9. The third-order valence-corrected chi connectivity index (χ3v) is 6.37. The number of hydrogen-bond donors (Lipinski definition) is 1. The van der Waals surface area contributed by atoms with Crippen LogP contribution in [0.15, 0.2) is 48.4 Å². The third kappa shape index (κ3) is 6.02. The summed E-state index contributed by atoms with van der Waals surface area (Å²) in [6.45, 7) is 7.51. The molecule has 6 nitrogen and oxygen atoms in total. The molecule has 1 aliphatic rings. The van der Waals surface area contributed by atoms with E-state index in [1.807, 2.05) is 24.0 Å². The molecular formula is C23H28ClN3O3S. The van der Waals surface area contributed by atoms with Crippen molar-refractivity contribution in [1.82, 2.24) is 15.1 Å². The molecular weight excluding hydrogens is 434 g/mol. The summed E-state index contributed by atoms with van der Waals surface area (Å²) >= 11 is 7.66. The van der Waals surface area contributed by atoms with Gasteiger partial charge in [0.1, 0.15) is 18.9 Å². The van der Waals surface area contributed by atoms with Crippen LogP contribution < -0.4 is 10.1 Å². The van der Waals surface area contributed by atoms with E-state index in [0.29, 0.717) is 37.0 Å². The van der Waals surface area contributed by atoms with Crippen molar-refractivity contribution in [1.29, 1.82) is 0 Å². The summed E-state index contributed by atoms with van der Waals surface area (Å²) in [5.41, 5.74) is 1.12. The van der Waals surface area contributed by atoms with Crippen molar-refractivity contribution in [2.24, 2.45) is 0 Å². The van der Waals surface area contributed by atoms with E-state index in [2.05, 4.69) is 23.3 Å². The van der Waals surface area contributed by atoms with E-state index in [0.717, 1.165) is 18.4 Å². The second-order valence-corrected chi connectivity index (χ2v) is 8.76. The molecule has 0 saturated heterocycles. The lowest BCUT2D eigenvalue weighted by Gasteiger charge is -2.37. The average Bonchev–Trinajstić information content (AvgIpc) is 3.25. The third-order valence-electron chi connectivity index (χ3n) is 5.13. The Morgan fingerprint density at radius 3 is 2.84 bits per heavy atom. The second kappa shape index (κ2) is 11.2. The van der Waals surface area contributed by atoms with Crippen molar-refractivity contribution < 1.29 is 14.3 Å². The Balaban J connectivity index is 1.73. The fraction of sp³-hybridized carbons (Fsp3) is 0.391. The van der Waals surface area contributed by atoms with E-state index in [9.17, 15) is 9.59 Å². The van der Waals surface area contributed by atoms with Crippen molar-refractivity contribution in [3.05, 3.63) is 63.8 Å². The molecule has 0 spiro atoms. The van der Waals surface area contributed by atoms with Crippen LogP contribution in [0.4, 0.5) is 4.79 Å². The maximum absolute atomic E-state index is 13.3. The first kappa shape index (κ1) is 23.2. The average molecular weight is 462 g/mol. The molecule has 1 aliphatic heterocycles. The summed E-state index contributed by atoms with van der Waals surface area (Å²) in [6, 6.07) is 8.79. The molecule has 1 aromatic carbocycles. The van der Waals surface area contributed by atoms with Crippen molar-refractivity contribution in [3.63, 3.8) is 0 Å². The molecule has 166 valence electrons. The van der Waals surface area contributed by atoms with Gasteiger partial charge in [-0.25, -0.2) is 4.79 Å². The predicted octanol–water partition coefficient (Wildman–Crippen LogP) is 4.51. The van der Waals surface area contributed by atoms with Gasteiger partial charge in [-0.3, -0.25) is 4.79 Å². The second-order valence-electron chi connectivity index (χ2n) is 7.32. The Morgan fingerprint density at radius 1 is 1.35 bits per heavy atom. The van der Waals surface area contributed by atoms with Gasteiger partial charge in [0.2, 0.25) is 5.91 Å². The lowest BCUT2D eigenvalue weighted by Crippen LogP contribution is -2.50. The monoisotopic (exact) mass is 461 g/mol. The van der Waals surface area contributed by atoms with Crippen LogP contribution in [-0.4, -0.2) is 54.5 Å². The number of halogens is 1. The van der Waals surface area contributed by atoms with Crippen molar-refractivity contribution in [2.75, 3.05) is 32.8 Å². The van der Waals surface area contributed by atoms with Crippen molar-refractivity contribution >= 4 is 34.9 Å². The zero-order valence-electron chi connectivity index (χ0n) is 17.7. The highest BCUT2D eigenvalue weighted by molar-refractivity contribution is 7.10. The quantitative estimate of drug-likeness (QED) is 0.559. The maximum Gasteiger partial charge on any atom is 0.318 e. The number of fused-ring (bicyclic) bond motifs is 1. The minimum absolute atomic E-state index is 0.00150. The summed E-state index contributed by atoms with van der Waals surface area (Å²) in [5.74, 6) is 0.599. The summed E-state index contributed by atoms with van der Waals surface area (Å²) in [7, 11) is 0. The van der Waals surface area contributed by atoms with E-state index in [4.69, 9.17) is 16.3 Å². The summed E-state index contributed by atoms with van der Waals surface area (Å²) in [6.07, 6.45) is 3.27. The van der Waals surface area contributed by atoms with Crippen molar-refractivity contribution in [3.8, 4) is 5.75 Å². The number of ether oxygens (including phenoxy) is 1. The van der Waals surface area contributed by atoms with E-state index in [1.54, 1.807) is 29.5 Å². The highest BCUT2D eigenvalue weighted by Gasteiger charge is 2.33. The highest BCUT2D eigenvalue weighted by atomic mass is 35.5.